The standard InChI is InChI=1S/C15H19NO4.C13H19NO2.C13H23NOSi.C13H17NO.C6H11NO.C6H8O4/c1-19-14(17)12-9-16(10-13(12)15(18)20-2)8-11-6-4-3-5-7-11;15-9-12-7-14(8-13(12)10-16)6-11-4-2-1-3-5-11;1-15-11-14(12-16(2,3)4)10-13-8-6-5-7-9-13;1-2-4-11(5-3-1)6-14-7-12-9-15-10-13(12)8-14;1-5-3-8-4-6(5)2-7-1;1-9-5(7)3-4-6(8)10-2/h3-7,12-13H,8-10H2,1-2H3;1-5,12-13,15-16H,6-10H2;5-9H,10-12H2,1-4H3;1-5,12-13H,6-10H2;5-7H,1-4H2;3-4H,1-2H3/b;;;;;4-3-. The number of ether oxygens (including phenoxy) is 7. The third-order valence-corrected chi connectivity index (χ3v) is 17.1. The number of nitrogens with one attached hydrogen (secondary N) is 1. The fraction of sp³-hybridized carbons (Fsp3) is 0.545. The molecule has 0 radical (unpaired) electrons. The highest BCUT2D eigenvalue weighted by molar-refractivity contribution is 6.76. The molecule has 4 aromatic rings. The molecule has 18 nitrogen and oxygen atoms in total. The molecule has 0 amide bonds. The predicted molar refractivity (Wildman–Crippen MR) is 331 cm³/mol. The monoisotopic (exact) mass is 1200 g/mol. The molecule has 6 aliphatic rings. The summed E-state index contributed by atoms with van der Waals surface area (Å²) in [5.74, 6) is 0.991. The topological polar surface area (TPSA) is 198 Å². The average Bonchev–Trinajstić information content (AvgIpc) is 4.60. The number of methoxy groups -OCH3 is 5. The number of likely N-dealkylation sites (tertiary alicyclic amines) is 3. The summed E-state index contributed by atoms with van der Waals surface area (Å²) < 4.78 is 34.0. The zero-order valence-electron chi connectivity index (χ0n) is 51.6. The quantitative estimate of drug-likeness (QED) is 0.0331. The first-order chi connectivity index (χ1) is 41.1. The van der Waals surface area contributed by atoms with Crippen molar-refractivity contribution < 1.29 is 62.5 Å². The van der Waals surface area contributed by atoms with Crippen molar-refractivity contribution in [3.05, 3.63) is 156 Å². The maximum atomic E-state index is 11.8. The third-order valence-electron chi connectivity index (χ3n) is 15.7. The fourth-order valence-corrected chi connectivity index (χ4v) is 13.0. The molecule has 468 valence electrons. The van der Waals surface area contributed by atoms with Crippen molar-refractivity contribution in [2.45, 2.75) is 45.8 Å². The number of nitrogens with zero attached hydrogens (tertiary/aromatic N) is 4. The zero-order chi connectivity index (χ0) is 61.4. The second-order valence-corrected chi connectivity index (χ2v) is 29.2. The average molecular weight is 1200 g/mol. The van der Waals surface area contributed by atoms with E-state index in [-0.39, 0.29) is 37.0 Å². The number of benzene rings is 4. The normalized spacial score (nSPS) is 23.2. The van der Waals surface area contributed by atoms with Crippen LogP contribution in [-0.4, -0.2) is 202 Å². The Balaban J connectivity index is 0.000000190. The number of fused-ring (bicyclic) bond motifs is 2. The number of aliphatic hydroxyl groups is 2. The van der Waals surface area contributed by atoms with Crippen molar-refractivity contribution in [2.75, 3.05) is 140 Å². The maximum Gasteiger partial charge on any atom is 0.330 e. The molecule has 4 aromatic carbocycles. The molecule has 8 unspecified atom stereocenters. The number of rotatable bonds is 18. The van der Waals surface area contributed by atoms with Gasteiger partial charge in [-0.25, -0.2) is 9.59 Å². The highest BCUT2D eigenvalue weighted by Gasteiger charge is 2.43. The number of hydrogen-bond donors (Lipinski definition) is 3. The Morgan fingerprint density at radius 2 is 0.871 bits per heavy atom. The van der Waals surface area contributed by atoms with Crippen LogP contribution in [0.15, 0.2) is 133 Å². The van der Waals surface area contributed by atoms with Gasteiger partial charge in [-0.05, 0) is 28.4 Å². The number of carbonyl (C=O) groups excluding carboxylic acids is 4. The van der Waals surface area contributed by atoms with Gasteiger partial charge in [0.25, 0.3) is 0 Å². The third kappa shape index (κ3) is 25.7. The molecule has 0 aromatic heterocycles. The summed E-state index contributed by atoms with van der Waals surface area (Å²) in [4.78, 5) is 53.5. The van der Waals surface area contributed by atoms with Gasteiger partial charge in [-0.1, -0.05) is 141 Å². The van der Waals surface area contributed by atoms with E-state index in [1.807, 2.05) is 48.5 Å². The van der Waals surface area contributed by atoms with Gasteiger partial charge < -0.3 is 48.7 Å². The fourth-order valence-electron chi connectivity index (χ4n) is 11.5. The highest BCUT2D eigenvalue weighted by atomic mass is 28.3. The first kappa shape index (κ1) is 70.1. The van der Waals surface area contributed by atoms with Crippen LogP contribution in [0.5, 0.6) is 0 Å². The Kier molecular flexibility index (Phi) is 31.7. The Labute approximate surface area is 506 Å². The predicted octanol–water partition coefficient (Wildman–Crippen LogP) is 6.28. The summed E-state index contributed by atoms with van der Waals surface area (Å²) in [6.07, 6.45) is 3.16. The minimum absolute atomic E-state index is 0.177. The molecule has 0 bridgehead atoms. The van der Waals surface area contributed by atoms with Crippen LogP contribution in [0.2, 0.25) is 19.6 Å². The minimum atomic E-state index is -1.07. The van der Waals surface area contributed by atoms with Gasteiger partial charge in [-0.2, -0.15) is 0 Å². The van der Waals surface area contributed by atoms with Gasteiger partial charge in [0.1, 0.15) is 0 Å². The summed E-state index contributed by atoms with van der Waals surface area (Å²) in [6.45, 7) is 23.5. The van der Waals surface area contributed by atoms with Crippen molar-refractivity contribution >= 4 is 32.0 Å². The molecule has 6 saturated heterocycles. The Morgan fingerprint density at radius 3 is 1.21 bits per heavy atom. The van der Waals surface area contributed by atoms with E-state index < -0.39 is 31.8 Å². The molecule has 3 N–H and O–H groups in total. The molecular weight excluding hydrogens is 1100 g/mol. The molecule has 0 saturated carbocycles. The number of hydrogen-bond acceptors (Lipinski definition) is 18. The molecule has 19 heteroatoms. The van der Waals surface area contributed by atoms with Crippen molar-refractivity contribution in [1.29, 1.82) is 0 Å². The summed E-state index contributed by atoms with van der Waals surface area (Å²) in [5, 5.41) is 21.8. The van der Waals surface area contributed by atoms with E-state index in [4.69, 9.17) is 23.7 Å². The van der Waals surface area contributed by atoms with Gasteiger partial charge in [0.2, 0.25) is 0 Å². The first-order valence-corrected chi connectivity index (χ1v) is 33.4. The highest BCUT2D eigenvalue weighted by Crippen LogP contribution is 2.31. The molecule has 85 heavy (non-hydrogen) atoms. The number of aliphatic hydroxyl groups excluding tert-OH is 2. The zero-order valence-corrected chi connectivity index (χ0v) is 52.6. The van der Waals surface area contributed by atoms with Crippen LogP contribution >= 0.6 is 0 Å². The van der Waals surface area contributed by atoms with Crippen LogP contribution < -0.4 is 5.32 Å². The lowest BCUT2D eigenvalue weighted by atomic mass is 9.96. The van der Waals surface area contributed by atoms with E-state index >= 15 is 0 Å². The Hall–Kier alpha value is -5.68. The van der Waals surface area contributed by atoms with E-state index in [1.54, 1.807) is 7.11 Å². The number of carbonyl (C=O) groups is 4. The van der Waals surface area contributed by atoms with E-state index in [2.05, 4.69) is 127 Å². The molecule has 6 aliphatic heterocycles. The smallest absolute Gasteiger partial charge is 0.330 e. The maximum absolute atomic E-state index is 11.8. The number of esters is 4. The molecule has 10 rings (SSSR count). The van der Waals surface area contributed by atoms with Crippen LogP contribution in [0.1, 0.15) is 22.3 Å². The SMILES string of the molecule is C1NCC2COCC12.COC(=O)/C=C\C(=O)OC.COC(=O)C1CN(Cc2ccccc2)CC1C(=O)OC.COCN(Cc1ccccc1)C[Si](C)(C)C.OCC1CN(Cc2ccccc2)CC1CO.c1ccc(CN2CC3COCC3C2)cc1. The van der Waals surface area contributed by atoms with Crippen molar-refractivity contribution in [1.82, 2.24) is 24.9 Å². The van der Waals surface area contributed by atoms with Gasteiger partial charge in [0.05, 0.1) is 81.5 Å². The Morgan fingerprint density at radius 1 is 0.518 bits per heavy atom. The molecule has 8 atom stereocenters. The molecule has 6 fully saturated rings. The van der Waals surface area contributed by atoms with E-state index in [0.717, 1.165) is 107 Å². The van der Waals surface area contributed by atoms with Crippen LogP contribution in [0.3, 0.4) is 0 Å². The van der Waals surface area contributed by atoms with Crippen molar-refractivity contribution in [3.8, 4) is 0 Å². The van der Waals surface area contributed by atoms with Crippen molar-refractivity contribution in [3.63, 3.8) is 0 Å². The van der Waals surface area contributed by atoms with Crippen LogP contribution in [0.25, 0.3) is 0 Å². The van der Waals surface area contributed by atoms with Gasteiger partial charge in [0, 0.05) is 147 Å². The molecular formula is C66H97N5O13Si. The molecule has 0 aliphatic carbocycles. The second kappa shape index (κ2) is 38.5. The molecule has 6 heterocycles. The lowest BCUT2D eigenvalue weighted by Gasteiger charge is -2.28. The lowest BCUT2D eigenvalue weighted by molar-refractivity contribution is -0.155. The van der Waals surface area contributed by atoms with Crippen molar-refractivity contribution in [2.24, 2.45) is 47.3 Å². The van der Waals surface area contributed by atoms with E-state index in [9.17, 15) is 29.4 Å². The summed E-state index contributed by atoms with van der Waals surface area (Å²) >= 11 is 0. The summed E-state index contributed by atoms with van der Waals surface area (Å²) in [5.41, 5.74) is 5.23. The van der Waals surface area contributed by atoms with Gasteiger partial charge in [-0.15, -0.1) is 0 Å². The lowest BCUT2D eigenvalue weighted by Crippen LogP contribution is -2.40. The summed E-state index contributed by atoms with van der Waals surface area (Å²) in [6, 6.07) is 41.6. The van der Waals surface area contributed by atoms with Crippen LogP contribution in [0, 0.1) is 47.3 Å². The van der Waals surface area contributed by atoms with Gasteiger partial charge >= 0.3 is 23.9 Å². The van der Waals surface area contributed by atoms with Crippen LogP contribution in [0.4, 0.5) is 0 Å². The van der Waals surface area contributed by atoms with E-state index in [1.165, 1.54) is 77.5 Å². The minimum Gasteiger partial charge on any atom is -0.469 e. The van der Waals surface area contributed by atoms with E-state index in [0.29, 0.717) is 19.6 Å². The summed E-state index contributed by atoms with van der Waals surface area (Å²) in [7, 11) is 5.84. The van der Waals surface area contributed by atoms with Gasteiger partial charge in [0.15, 0.2) is 0 Å². The van der Waals surface area contributed by atoms with Crippen LogP contribution in [-0.2, 0) is 78.5 Å². The second-order valence-electron chi connectivity index (χ2n) is 23.8. The van der Waals surface area contributed by atoms with Gasteiger partial charge in [-0.3, -0.25) is 29.2 Å². The Bertz CT molecular complexity index is 2450. The first-order valence-electron chi connectivity index (χ1n) is 29.7. The largest absolute Gasteiger partial charge is 0.469 e. The molecule has 0 spiro atoms.